The van der Waals surface area contributed by atoms with E-state index in [1.54, 1.807) is 19.6 Å². The van der Waals surface area contributed by atoms with Crippen LogP contribution in [0.3, 0.4) is 0 Å². The van der Waals surface area contributed by atoms with Crippen molar-refractivity contribution in [2.45, 2.75) is 26.1 Å². The van der Waals surface area contributed by atoms with E-state index >= 15 is 0 Å². The second-order valence-electron chi connectivity index (χ2n) is 3.82. The first-order valence-corrected chi connectivity index (χ1v) is 10.2. The predicted molar refractivity (Wildman–Crippen MR) is 60.6 cm³/mol. The van der Waals surface area contributed by atoms with Crippen molar-refractivity contribution in [3.63, 3.8) is 0 Å². The minimum absolute atomic E-state index is 0.0639. The van der Waals surface area contributed by atoms with Gasteiger partial charge in [-0.15, -0.1) is 0 Å². The maximum Gasteiger partial charge on any atom is 0.390 e. The van der Waals surface area contributed by atoms with Crippen LogP contribution in [-0.2, 0) is 34.0 Å². The third-order valence-corrected chi connectivity index (χ3v) is 4.69. The second-order valence-corrected chi connectivity index (χ2v) is 10.4. The average molecular weight is 292 g/mol. The molecule has 0 saturated heterocycles. The van der Waals surface area contributed by atoms with Crippen LogP contribution in [-0.4, -0.2) is 38.7 Å². The van der Waals surface area contributed by atoms with Crippen molar-refractivity contribution in [1.29, 1.82) is 0 Å². The molecule has 0 aromatic rings. The second kappa shape index (κ2) is 6.79. The summed E-state index contributed by atoms with van der Waals surface area (Å²) in [6, 6.07) is 0. The lowest BCUT2D eigenvalue weighted by atomic mass is 10.5. The minimum atomic E-state index is -3.97. The van der Waals surface area contributed by atoms with Crippen LogP contribution < -0.4 is 0 Å². The fraction of sp³-hybridized carbons (Fsp3) is 1.00. The first-order chi connectivity index (χ1) is 7.12. The molecule has 0 fully saturated rings. The van der Waals surface area contributed by atoms with Crippen LogP contribution in [0.4, 0.5) is 0 Å². The van der Waals surface area contributed by atoms with Gasteiger partial charge in [-0.05, 0) is 26.1 Å². The fourth-order valence-electron chi connectivity index (χ4n) is 0.680. The van der Waals surface area contributed by atoms with Gasteiger partial charge >= 0.3 is 21.8 Å². The summed E-state index contributed by atoms with van der Waals surface area (Å²) in [5.41, 5.74) is 0. The van der Waals surface area contributed by atoms with Gasteiger partial charge in [-0.25, -0.2) is 4.18 Å². The highest BCUT2D eigenvalue weighted by atomic mass is 32.3. The van der Waals surface area contributed by atoms with Crippen molar-refractivity contribution >= 4 is 30.1 Å². The van der Waals surface area contributed by atoms with Crippen LogP contribution in [0.5, 0.6) is 0 Å². The summed E-state index contributed by atoms with van der Waals surface area (Å²) >= 11 is -2.34. The zero-order chi connectivity index (χ0) is 12.8. The van der Waals surface area contributed by atoms with Crippen molar-refractivity contribution in [3.05, 3.63) is 0 Å². The molecule has 0 spiro atoms. The van der Waals surface area contributed by atoms with E-state index in [-0.39, 0.29) is 19.6 Å². The quantitative estimate of drug-likeness (QED) is 0.398. The number of hydrogen-bond donors (Lipinski definition) is 1. The molecule has 1 unspecified atom stereocenters. The molecule has 0 heterocycles. The van der Waals surface area contributed by atoms with Gasteiger partial charge in [0, 0.05) is 0 Å². The Morgan fingerprint density at radius 2 is 1.81 bits per heavy atom. The summed E-state index contributed by atoms with van der Waals surface area (Å²) in [5.74, 6) is 0. The monoisotopic (exact) mass is 292 g/mol. The molecule has 0 bridgehead atoms. The van der Waals surface area contributed by atoms with Crippen LogP contribution in [0.1, 0.15) is 6.42 Å². The molecular formula is C6H16O7S2Si. The Balaban J connectivity index is 3.80. The predicted octanol–water partition coefficient (Wildman–Crippen LogP) is 0.643. The SMILES string of the molecule is C[Si](C)(C)OS(=O)(=O)OCCCOS(=O)O. The Morgan fingerprint density at radius 1 is 1.25 bits per heavy atom. The topological polar surface area (TPSA) is 99.1 Å². The van der Waals surface area contributed by atoms with E-state index in [9.17, 15) is 12.6 Å². The van der Waals surface area contributed by atoms with Crippen molar-refractivity contribution in [2.75, 3.05) is 13.2 Å². The molecule has 0 aliphatic rings. The molecule has 16 heavy (non-hydrogen) atoms. The first-order valence-electron chi connectivity index (χ1n) is 4.46. The lowest BCUT2D eigenvalue weighted by molar-refractivity contribution is 0.231. The normalized spacial score (nSPS) is 15.0. The molecule has 0 aromatic carbocycles. The van der Waals surface area contributed by atoms with Gasteiger partial charge < -0.3 is 0 Å². The van der Waals surface area contributed by atoms with Crippen LogP contribution >= 0.6 is 0 Å². The largest absolute Gasteiger partial charge is 0.390 e. The van der Waals surface area contributed by atoms with E-state index in [4.69, 9.17) is 8.42 Å². The summed E-state index contributed by atoms with van der Waals surface area (Å²) in [5, 5.41) is 0. The molecule has 0 saturated carbocycles. The molecule has 0 aliphatic carbocycles. The van der Waals surface area contributed by atoms with Gasteiger partial charge in [0.25, 0.3) is 0 Å². The van der Waals surface area contributed by atoms with E-state index in [2.05, 4.69) is 8.37 Å². The van der Waals surface area contributed by atoms with E-state index < -0.39 is 30.1 Å². The van der Waals surface area contributed by atoms with Crippen molar-refractivity contribution in [1.82, 2.24) is 0 Å². The van der Waals surface area contributed by atoms with Gasteiger partial charge in [0.05, 0.1) is 13.2 Å². The third kappa shape index (κ3) is 10.7. The number of hydrogen-bond acceptors (Lipinski definition) is 6. The summed E-state index contributed by atoms with van der Waals surface area (Å²) in [6.45, 7) is 4.93. The summed E-state index contributed by atoms with van der Waals surface area (Å²) in [4.78, 5) is 0. The van der Waals surface area contributed by atoms with Crippen molar-refractivity contribution in [2.24, 2.45) is 0 Å². The lowest BCUT2D eigenvalue weighted by Gasteiger charge is -2.15. The highest BCUT2D eigenvalue weighted by molar-refractivity contribution is 7.83. The Labute approximate surface area is 99.0 Å². The van der Waals surface area contributed by atoms with Crippen molar-refractivity contribution < 1.29 is 29.4 Å². The maximum absolute atomic E-state index is 11.2. The van der Waals surface area contributed by atoms with Gasteiger partial charge in [0.1, 0.15) is 0 Å². The molecule has 0 aliphatic heterocycles. The summed E-state index contributed by atoms with van der Waals surface area (Å²) in [7, 11) is -6.18. The van der Waals surface area contributed by atoms with E-state index in [1.165, 1.54) is 0 Å². The van der Waals surface area contributed by atoms with Crippen LogP contribution in [0.25, 0.3) is 0 Å². The minimum Gasteiger partial charge on any atom is -0.294 e. The van der Waals surface area contributed by atoms with Crippen LogP contribution in [0, 0.1) is 0 Å². The zero-order valence-electron chi connectivity index (χ0n) is 9.33. The molecule has 1 atom stereocenters. The van der Waals surface area contributed by atoms with Gasteiger partial charge in [-0.2, -0.15) is 12.6 Å². The first kappa shape index (κ1) is 16.2. The Kier molecular flexibility index (Phi) is 6.85. The molecule has 10 heteroatoms. The molecule has 0 radical (unpaired) electrons. The van der Waals surface area contributed by atoms with Gasteiger partial charge in [0.15, 0.2) is 0 Å². The van der Waals surface area contributed by atoms with Crippen LogP contribution in [0.15, 0.2) is 0 Å². The maximum atomic E-state index is 11.2. The highest BCUT2D eigenvalue weighted by Gasteiger charge is 2.24. The van der Waals surface area contributed by atoms with Crippen LogP contribution in [0.2, 0.25) is 19.6 Å². The standard InChI is InChI=1S/C6H16O7S2Si/c1-16(2,3)13-15(9,10)12-6-4-5-11-14(7)8/h4-6H2,1-3H3,(H,7,8). The van der Waals surface area contributed by atoms with Gasteiger partial charge in [0.2, 0.25) is 8.32 Å². The number of rotatable bonds is 8. The molecule has 98 valence electrons. The Hall–Kier alpha value is 0.157. The molecule has 0 aromatic heterocycles. The third-order valence-electron chi connectivity index (χ3n) is 1.05. The van der Waals surface area contributed by atoms with Crippen molar-refractivity contribution in [3.8, 4) is 0 Å². The molecule has 7 nitrogen and oxygen atoms in total. The van der Waals surface area contributed by atoms with E-state index in [1.807, 2.05) is 0 Å². The summed E-state index contributed by atoms with van der Waals surface area (Å²) in [6.07, 6.45) is 0.181. The lowest BCUT2D eigenvalue weighted by Crippen LogP contribution is -2.30. The van der Waals surface area contributed by atoms with Gasteiger partial charge in [-0.3, -0.25) is 12.6 Å². The summed E-state index contributed by atoms with van der Waals surface area (Å²) < 4.78 is 54.2. The Morgan fingerprint density at radius 3 is 2.25 bits per heavy atom. The molecule has 1 N–H and O–H groups in total. The van der Waals surface area contributed by atoms with Gasteiger partial charge in [-0.1, -0.05) is 0 Å². The van der Waals surface area contributed by atoms with E-state index in [0.717, 1.165) is 0 Å². The zero-order valence-corrected chi connectivity index (χ0v) is 12.0. The smallest absolute Gasteiger partial charge is 0.294 e. The average Bonchev–Trinajstić information content (AvgIpc) is 1.97. The molecular weight excluding hydrogens is 276 g/mol. The molecule has 0 rings (SSSR count). The molecule has 0 amide bonds. The Bertz CT molecular complexity index is 320. The van der Waals surface area contributed by atoms with E-state index in [0.29, 0.717) is 0 Å². The fourth-order valence-corrected chi connectivity index (χ4v) is 3.90. The highest BCUT2D eigenvalue weighted by Crippen LogP contribution is 2.09.